The van der Waals surface area contributed by atoms with Gasteiger partial charge in [-0.05, 0) is 18.8 Å². The molecule has 0 aliphatic heterocycles. The predicted molar refractivity (Wildman–Crippen MR) is 71.5 cm³/mol. The van der Waals surface area contributed by atoms with Crippen LogP contribution < -0.4 is 32.6 Å². The van der Waals surface area contributed by atoms with Gasteiger partial charge in [0.05, 0.1) is 18.6 Å². The minimum absolute atomic E-state index is 0.0776. The second kappa shape index (κ2) is 9.13. The molecule has 0 aliphatic rings. The average molecular weight is 288 g/mol. The Kier molecular flexibility index (Phi) is 8.30. The molecule has 0 fully saturated rings. The van der Waals surface area contributed by atoms with Crippen LogP contribution in [0.3, 0.4) is 0 Å². The lowest BCUT2D eigenvalue weighted by atomic mass is 10.0. The number of nitrogens with two attached hydrogens (primary N) is 2. The van der Waals surface area contributed by atoms with Gasteiger partial charge in [-0.25, -0.2) is 0 Å². The summed E-state index contributed by atoms with van der Waals surface area (Å²) in [6.45, 7) is 4.38. The van der Waals surface area contributed by atoms with Crippen molar-refractivity contribution in [2.75, 3.05) is 6.54 Å². The number of carbonyl (C=O) groups excluding carboxylic acids is 2. The highest BCUT2D eigenvalue weighted by Crippen LogP contribution is 2.02. The molecule has 0 rings (SSSR count). The third-order valence-electron chi connectivity index (χ3n) is 2.73. The number of nitrogens with one attached hydrogen (secondary N) is 2. The molecule has 0 unspecified atom stereocenters. The highest BCUT2D eigenvalue weighted by atomic mass is 16.4. The van der Waals surface area contributed by atoms with Crippen LogP contribution in [-0.2, 0) is 9.59 Å². The van der Waals surface area contributed by atoms with E-state index in [0.717, 1.165) is 0 Å². The molecule has 0 saturated carbocycles. The quantitative estimate of drug-likeness (QED) is 0.163. The maximum atomic E-state index is 11.8. The summed E-state index contributed by atoms with van der Waals surface area (Å²) in [7, 11) is 0. The molecule has 9 N–H and O–H groups in total. The Morgan fingerprint density at radius 1 is 1.35 bits per heavy atom. The molecule has 0 saturated heterocycles. The molecule has 2 atom stereocenters. The van der Waals surface area contributed by atoms with E-state index in [4.69, 9.17) is 11.5 Å². The monoisotopic (exact) mass is 288 g/mol. The van der Waals surface area contributed by atoms with Crippen molar-refractivity contribution < 1.29 is 25.4 Å². The van der Waals surface area contributed by atoms with Crippen LogP contribution in [0.25, 0.3) is 0 Å². The van der Waals surface area contributed by atoms with Crippen molar-refractivity contribution in [3.05, 3.63) is 0 Å². The van der Waals surface area contributed by atoms with E-state index >= 15 is 0 Å². The van der Waals surface area contributed by atoms with Gasteiger partial charge in [0.1, 0.15) is 0 Å². The molecule has 0 radical (unpaired) electrons. The average Bonchev–Trinajstić information content (AvgIpc) is 2.31. The number of carbonyl (C=O) groups is 2. The smallest absolute Gasteiger partial charge is 0.338 e. The maximum absolute atomic E-state index is 11.8. The Labute approximate surface area is 118 Å². The summed E-state index contributed by atoms with van der Waals surface area (Å²) in [5.74, 6) is -1.28. The van der Waals surface area contributed by atoms with Gasteiger partial charge in [-0.15, -0.1) is 0 Å². The third-order valence-corrected chi connectivity index (χ3v) is 2.73. The van der Waals surface area contributed by atoms with E-state index in [2.05, 4.69) is 16.0 Å². The van der Waals surface area contributed by atoms with Gasteiger partial charge in [-0.2, -0.15) is 0 Å². The van der Waals surface area contributed by atoms with Gasteiger partial charge >= 0.3 is 5.96 Å². The molecule has 0 heterocycles. The van der Waals surface area contributed by atoms with E-state index in [1.807, 2.05) is 13.8 Å². The number of hydrogen-bond donors (Lipinski definition) is 5. The van der Waals surface area contributed by atoms with Crippen molar-refractivity contribution in [1.29, 1.82) is 0 Å². The van der Waals surface area contributed by atoms with E-state index in [1.54, 1.807) is 0 Å². The number of quaternary nitrogens is 1. The summed E-state index contributed by atoms with van der Waals surface area (Å²) in [5.41, 5.74) is 14.2. The molecule has 0 aliphatic carbocycles. The third kappa shape index (κ3) is 8.30. The first-order valence-corrected chi connectivity index (χ1v) is 6.70. The largest absolute Gasteiger partial charge is 0.548 e. The van der Waals surface area contributed by atoms with E-state index in [1.165, 1.54) is 0 Å². The maximum Gasteiger partial charge on any atom is 0.338 e. The van der Waals surface area contributed by atoms with Crippen LogP contribution in [0.1, 0.15) is 33.1 Å². The fraction of sp³-hybridized carbons (Fsp3) is 0.750. The summed E-state index contributed by atoms with van der Waals surface area (Å²) in [6.07, 6.45) is 1.33. The molecule has 0 aromatic rings. The second-order valence-corrected chi connectivity index (χ2v) is 5.23. The van der Waals surface area contributed by atoms with Crippen LogP contribution in [-0.4, -0.2) is 36.5 Å². The van der Waals surface area contributed by atoms with Crippen molar-refractivity contribution in [2.24, 2.45) is 17.4 Å². The first-order chi connectivity index (χ1) is 9.23. The van der Waals surface area contributed by atoms with Gasteiger partial charge in [0.15, 0.2) is 6.04 Å². The molecule has 20 heavy (non-hydrogen) atoms. The lowest BCUT2D eigenvalue weighted by Crippen LogP contribution is -2.78. The second-order valence-electron chi connectivity index (χ2n) is 5.23. The lowest BCUT2D eigenvalue weighted by molar-refractivity contribution is -0.459. The van der Waals surface area contributed by atoms with Crippen LogP contribution in [0, 0.1) is 5.92 Å². The van der Waals surface area contributed by atoms with Gasteiger partial charge in [0.2, 0.25) is 0 Å². The molecule has 8 heteroatoms. The van der Waals surface area contributed by atoms with Crippen LogP contribution in [0.15, 0.2) is 0 Å². The summed E-state index contributed by atoms with van der Waals surface area (Å²) < 4.78 is 0. The molecule has 116 valence electrons. The first kappa shape index (κ1) is 18.2. The van der Waals surface area contributed by atoms with Gasteiger partial charge in [-0.3, -0.25) is 21.3 Å². The Morgan fingerprint density at radius 2 is 1.95 bits per heavy atom. The zero-order chi connectivity index (χ0) is 15.7. The summed E-state index contributed by atoms with van der Waals surface area (Å²) in [4.78, 5) is 25.5. The number of carboxylic acid groups (broad SMARTS) is 1. The molecule has 0 spiro atoms. The van der Waals surface area contributed by atoms with Gasteiger partial charge in [0.25, 0.3) is 5.91 Å². The minimum atomic E-state index is -1.31. The predicted octanol–water partition coefficient (Wildman–Crippen LogP) is -4.99. The molecule has 0 bridgehead atoms. The number of rotatable bonds is 9. The van der Waals surface area contributed by atoms with Crippen molar-refractivity contribution in [3.8, 4) is 0 Å². The minimum Gasteiger partial charge on any atom is -0.548 e. The fourth-order valence-corrected chi connectivity index (χ4v) is 1.75. The Hall–Kier alpha value is -1.83. The highest BCUT2D eigenvalue weighted by molar-refractivity contribution is 5.85. The highest BCUT2D eigenvalue weighted by Gasteiger charge is 2.22. The number of amides is 1. The van der Waals surface area contributed by atoms with E-state index < -0.39 is 18.1 Å². The van der Waals surface area contributed by atoms with Gasteiger partial charge in [0, 0.05) is 6.42 Å². The zero-order valence-electron chi connectivity index (χ0n) is 12.1. The van der Waals surface area contributed by atoms with Gasteiger partial charge in [-0.1, -0.05) is 13.8 Å². The zero-order valence-corrected chi connectivity index (χ0v) is 12.1. The summed E-state index contributed by atoms with van der Waals surface area (Å²) in [5, 5.41) is 13.4. The number of carboxylic acids is 1. The lowest BCUT2D eigenvalue weighted by Gasteiger charge is -2.21. The van der Waals surface area contributed by atoms with E-state index in [9.17, 15) is 14.7 Å². The number of guanidine groups is 1. The van der Waals surface area contributed by atoms with Crippen molar-refractivity contribution in [3.63, 3.8) is 0 Å². The molecule has 0 aromatic carbocycles. The van der Waals surface area contributed by atoms with Crippen molar-refractivity contribution >= 4 is 17.8 Å². The molecule has 0 aromatic heterocycles. The SMILES string of the molecule is CC(C)C[C@H]([NH3+])C(=O)N[C@@H](CCC[NH+]=C(N)N)C(=O)[O-]. The van der Waals surface area contributed by atoms with Crippen LogP contribution in [0.4, 0.5) is 0 Å². The van der Waals surface area contributed by atoms with E-state index in [0.29, 0.717) is 25.3 Å². The Bertz CT molecular complexity index is 353. The molecule has 8 nitrogen and oxygen atoms in total. The van der Waals surface area contributed by atoms with Crippen molar-refractivity contribution in [2.45, 2.75) is 45.2 Å². The first-order valence-electron chi connectivity index (χ1n) is 6.70. The van der Waals surface area contributed by atoms with Crippen LogP contribution in [0.2, 0.25) is 0 Å². The molecule has 1 amide bonds. The fourth-order valence-electron chi connectivity index (χ4n) is 1.75. The Balaban J connectivity index is 4.30. The van der Waals surface area contributed by atoms with Gasteiger partial charge < -0.3 is 21.0 Å². The van der Waals surface area contributed by atoms with E-state index in [-0.39, 0.29) is 18.3 Å². The number of aliphatic carboxylic acids is 1. The summed E-state index contributed by atoms with van der Waals surface area (Å²) >= 11 is 0. The molecular weight excluding hydrogens is 262 g/mol. The topological polar surface area (TPSA) is 163 Å². The van der Waals surface area contributed by atoms with Crippen LogP contribution in [0.5, 0.6) is 0 Å². The number of hydrogen-bond acceptors (Lipinski definition) is 3. The normalized spacial score (nSPS) is 13.6. The Morgan fingerprint density at radius 3 is 2.40 bits per heavy atom. The van der Waals surface area contributed by atoms with Crippen molar-refractivity contribution in [1.82, 2.24) is 5.32 Å². The molecular formula is C12H26N5O3+. The standard InChI is InChI=1S/C12H25N5O3/c1-7(2)6-8(13)10(18)17-9(11(19)20)4-3-5-16-12(14)15/h7-9H,3-6,13H2,1-2H3,(H,17,18)(H,19,20)(H4,14,15,16)/p+1/t8-,9-/m0/s1. The summed E-state index contributed by atoms with van der Waals surface area (Å²) in [6, 6.07) is -1.50. The van der Waals surface area contributed by atoms with Crippen LogP contribution >= 0.6 is 0 Å².